The Kier molecular flexibility index (Phi) is 14.3. The van der Waals surface area contributed by atoms with Gasteiger partial charge in [-0.05, 0) is 92.1 Å². The highest BCUT2D eigenvalue weighted by atomic mass is 35.5. The standard InChI is InChI=1S/C41H52ClF2N9O4/c1-29(2)39(30(3)55-20-4-15-47-42)49-40(54)53(26-45)35-8-6-33(7-9-35)50-16-18-51(19-17-50)34-10-12-36(13-11-34)56-23-31-22-41(57-24-31,25-52-28-46-27-48-52)37-14-5-32(43)21-38(37)44/h5-14,21,26-31,39,45,47H,4,15-20,22-25H2,1-3H3,(H,49,54). The number of benzene rings is 3. The molecule has 4 aromatic rings. The van der Waals surface area contributed by atoms with Crippen LogP contribution in [0, 0.1) is 28.9 Å². The van der Waals surface area contributed by atoms with Gasteiger partial charge in [-0.15, -0.1) is 0 Å². The molecular formula is C41H52ClF2N9O4. The van der Waals surface area contributed by atoms with E-state index in [1.165, 1.54) is 23.4 Å². The van der Waals surface area contributed by atoms with Gasteiger partial charge in [-0.1, -0.05) is 19.9 Å². The van der Waals surface area contributed by atoms with E-state index in [4.69, 9.17) is 31.4 Å². The lowest BCUT2D eigenvalue weighted by Crippen LogP contribution is -2.51. The minimum atomic E-state index is -1.03. The summed E-state index contributed by atoms with van der Waals surface area (Å²) in [4.78, 5) is 25.9. The zero-order chi connectivity index (χ0) is 40.4. The summed E-state index contributed by atoms with van der Waals surface area (Å²) in [5.74, 6) is -0.468. The van der Waals surface area contributed by atoms with Crippen molar-refractivity contribution in [3.63, 3.8) is 0 Å². The fourth-order valence-corrected chi connectivity index (χ4v) is 7.73. The number of hydrogen-bond acceptors (Lipinski definition) is 10. The van der Waals surface area contributed by atoms with Crippen LogP contribution in [0.5, 0.6) is 5.75 Å². The second-order valence-corrected chi connectivity index (χ2v) is 15.2. The number of piperazine rings is 1. The maximum Gasteiger partial charge on any atom is 0.327 e. The van der Waals surface area contributed by atoms with Crippen molar-refractivity contribution in [2.75, 3.05) is 67.2 Å². The first kappa shape index (κ1) is 41.8. The average molecular weight is 808 g/mol. The van der Waals surface area contributed by atoms with Gasteiger partial charge in [0.15, 0.2) is 0 Å². The van der Waals surface area contributed by atoms with Crippen LogP contribution in [0.4, 0.5) is 30.6 Å². The van der Waals surface area contributed by atoms with Gasteiger partial charge >= 0.3 is 6.03 Å². The quantitative estimate of drug-likeness (QED) is 0.0442. The summed E-state index contributed by atoms with van der Waals surface area (Å²) < 4.78 is 48.8. The molecular weight excluding hydrogens is 756 g/mol. The van der Waals surface area contributed by atoms with Gasteiger partial charge in [-0.2, -0.15) is 5.10 Å². The van der Waals surface area contributed by atoms with Crippen LogP contribution in [0.25, 0.3) is 0 Å². The lowest BCUT2D eigenvalue weighted by Gasteiger charge is -2.37. The van der Waals surface area contributed by atoms with Crippen molar-refractivity contribution in [1.29, 1.82) is 5.41 Å². The van der Waals surface area contributed by atoms with Crippen molar-refractivity contribution in [3.05, 3.63) is 96.6 Å². The van der Waals surface area contributed by atoms with Gasteiger partial charge in [0, 0.05) is 68.3 Å². The summed E-state index contributed by atoms with van der Waals surface area (Å²) in [7, 11) is 0. The summed E-state index contributed by atoms with van der Waals surface area (Å²) in [6.07, 6.45) is 5.01. The summed E-state index contributed by atoms with van der Waals surface area (Å²) in [6.45, 7) is 11.4. The van der Waals surface area contributed by atoms with Crippen LogP contribution >= 0.6 is 11.8 Å². The predicted molar refractivity (Wildman–Crippen MR) is 217 cm³/mol. The van der Waals surface area contributed by atoms with Gasteiger partial charge < -0.3 is 29.3 Å². The molecule has 0 aliphatic carbocycles. The maximum absolute atomic E-state index is 15.0. The highest BCUT2D eigenvalue weighted by molar-refractivity contribution is 6.13. The van der Waals surface area contributed by atoms with E-state index in [1.807, 2.05) is 57.2 Å². The number of carbonyl (C=O) groups excluding carboxylic acids is 1. The molecule has 4 atom stereocenters. The van der Waals surface area contributed by atoms with Gasteiger partial charge in [0.1, 0.15) is 35.6 Å². The molecule has 0 bridgehead atoms. The first-order valence-electron chi connectivity index (χ1n) is 19.4. The monoisotopic (exact) mass is 807 g/mol. The maximum atomic E-state index is 15.0. The van der Waals surface area contributed by atoms with E-state index >= 15 is 4.39 Å². The number of aromatic nitrogens is 3. The number of ether oxygens (including phenoxy) is 3. The number of nitrogens with zero attached hydrogens (tertiary/aromatic N) is 6. The van der Waals surface area contributed by atoms with Crippen molar-refractivity contribution in [3.8, 4) is 5.75 Å². The van der Waals surface area contributed by atoms with Crippen LogP contribution in [0.15, 0.2) is 79.4 Å². The first-order chi connectivity index (χ1) is 27.6. The summed E-state index contributed by atoms with van der Waals surface area (Å²) in [5, 5.41) is 15.2. The summed E-state index contributed by atoms with van der Waals surface area (Å²) in [5.41, 5.74) is 2.01. The zero-order valence-corrected chi connectivity index (χ0v) is 33.4. The predicted octanol–water partition coefficient (Wildman–Crippen LogP) is 6.58. The zero-order valence-electron chi connectivity index (χ0n) is 32.6. The van der Waals surface area contributed by atoms with E-state index in [1.54, 1.807) is 11.0 Å². The number of nitrogens with one attached hydrogen (secondary N) is 3. The molecule has 6 rings (SSSR count). The summed E-state index contributed by atoms with van der Waals surface area (Å²) in [6, 6.07) is 18.7. The van der Waals surface area contributed by atoms with Crippen molar-refractivity contribution in [2.45, 2.75) is 57.9 Å². The highest BCUT2D eigenvalue weighted by Crippen LogP contribution is 2.42. The molecule has 4 unspecified atom stereocenters. The fraction of sp³-hybridized carbons (Fsp3) is 0.463. The van der Waals surface area contributed by atoms with Crippen LogP contribution in [-0.4, -0.2) is 91.8 Å². The minimum absolute atomic E-state index is 0.0221. The molecule has 3 N–H and O–H groups in total. The largest absolute Gasteiger partial charge is 0.493 e. The van der Waals surface area contributed by atoms with Crippen LogP contribution in [-0.2, 0) is 21.6 Å². The van der Waals surface area contributed by atoms with Crippen LogP contribution in [0.1, 0.15) is 39.2 Å². The number of carbonyl (C=O) groups is 1. The molecule has 2 fully saturated rings. The number of hydrogen-bond donors (Lipinski definition) is 3. The third-order valence-electron chi connectivity index (χ3n) is 10.6. The fourth-order valence-electron chi connectivity index (χ4n) is 7.60. The van der Waals surface area contributed by atoms with E-state index in [-0.39, 0.29) is 42.1 Å². The van der Waals surface area contributed by atoms with Crippen LogP contribution in [0.3, 0.4) is 0 Å². The number of halogens is 3. The Morgan fingerprint density at radius 2 is 1.74 bits per heavy atom. The number of anilines is 3. The molecule has 13 nitrogen and oxygen atoms in total. The molecule has 2 saturated heterocycles. The van der Waals surface area contributed by atoms with Gasteiger partial charge in [0.25, 0.3) is 0 Å². The molecule has 1 aromatic heterocycles. The third kappa shape index (κ3) is 10.6. The lowest BCUT2D eigenvalue weighted by atomic mass is 9.87. The van der Waals surface area contributed by atoms with Crippen molar-refractivity contribution >= 4 is 41.2 Å². The second kappa shape index (κ2) is 19.5. The van der Waals surface area contributed by atoms with Gasteiger partial charge in [-0.3, -0.25) is 10.3 Å². The highest BCUT2D eigenvalue weighted by Gasteiger charge is 2.44. The number of rotatable bonds is 18. The van der Waals surface area contributed by atoms with Gasteiger partial charge in [0.05, 0.1) is 43.9 Å². The van der Waals surface area contributed by atoms with E-state index in [2.05, 4.69) is 42.2 Å². The van der Waals surface area contributed by atoms with Crippen molar-refractivity contribution < 1.29 is 27.8 Å². The van der Waals surface area contributed by atoms with Gasteiger partial charge in [-0.25, -0.2) is 28.1 Å². The number of amides is 2. The normalized spacial score (nSPS) is 19.4. The Bertz CT molecular complexity index is 1880. The van der Waals surface area contributed by atoms with Crippen molar-refractivity contribution in [2.24, 2.45) is 11.8 Å². The summed E-state index contributed by atoms with van der Waals surface area (Å²) >= 11 is 5.54. The van der Waals surface area contributed by atoms with E-state index < -0.39 is 17.2 Å². The van der Waals surface area contributed by atoms with Crippen LogP contribution < -0.4 is 29.6 Å². The Morgan fingerprint density at radius 1 is 1.05 bits per heavy atom. The molecule has 3 aromatic carbocycles. The molecule has 0 spiro atoms. The molecule has 0 radical (unpaired) electrons. The van der Waals surface area contributed by atoms with Crippen molar-refractivity contribution in [1.82, 2.24) is 24.9 Å². The molecule has 16 heteroatoms. The SMILES string of the molecule is CC(C)C(NC(=O)N(C=N)c1ccc(N2CCN(c3ccc(OCC4COC(Cn5cncn5)(c5ccc(F)cc5F)C4)cc3)CC2)cc1)C(C)OCCCNCl. The number of urea groups is 1. The molecule has 2 aliphatic heterocycles. The minimum Gasteiger partial charge on any atom is -0.493 e. The second-order valence-electron chi connectivity index (χ2n) is 14.9. The molecule has 2 aliphatic rings. The van der Waals surface area contributed by atoms with Gasteiger partial charge in [0.2, 0.25) is 0 Å². The molecule has 3 heterocycles. The van der Waals surface area contributed by atoms with E-state index in [0.717, 1.165) is 62.1 Å². The molecule has 306 valence electrons. The van der Waals surface area contributed by atoms with E-state index in [9.17, 15) is 9.18 Å². The topological polar surface area (TPSA) is 133 Å². The lowest BCUT2D eigenvalue weighted by molar-refractivity contribution is -0.0206. The smallest absolute Gasteiger partial charge is 0.327 e. The Hall–Kier alpha value is -4.83. The Morgan fingerprint density at radius 3 is 2.33 bits per heavy atom. The molecule has 0 saturated carbocycles. The van der Waals surface area contributed by atoms with E-state index in [0.29, 0.717) is 38.5 Å². The average Bonchev–Trinajstić information content (AvgIpc) is 3.89. The first-order valence-corrected chi connectivity index (χ1v) is 19.8. The van der Waals surface area contributed by atoms with Crippen LogP contribution in [0.2, 0.25) is 0 Å². The Labute approximate surface area is 337 Å². The third-order valence-corrected chi connectivity index (χ3v) is 10.8. The Balaban J connectivity index is 0.981. The molecule has 2 amide bonds. The molecule has 57 heavy (non-hydrogen) atoms.